The molecule has 0 aliphatic carbocycles. The maximum Gasteiger partial charge on any atom is 0.410 e. The van der Waals surface area contributed by atoms with Gasteiger partial charge in [0.1, 0.15) is 11.4 Å². The van der Waals surface area contributed by atoms with Crippen LogP contribution in [0.15, 0.2) is 22.7 Å². The van der Waals surface area contributed by atoms with Gasteiger partial charge in [-0.15, -0.1) is 0 Å². The van der Waals surface area contributed by atoms with Gasteiger partial charge in [-0.2, -0.15) is 0 Å². The molecule has 134 valence electrons. The number of benzene rings is 1. The van der Waals surface area contributed by atoms with Crippen LogP contribution in [0.4, 0.5) is 9.18 Å². The van der Waals surface area contributed by atoms with E-state index in [0.29, 0.717) is 29.4 Å². The van der Waals surface area contributed by atoms with Gasteiger partial charge in [0.2, 0.25) is 0 Å². The van der Waals surface area contributed by atoms with Gasteiger partial charge >= 0.3 is 6.09 Å². The van der Waals surface area contributed by atoms with Crippen LogP contribution in [0.25, 0.3) is 0 Å². The van der Waals surface area contributed by atoms with Gasteiger partial charge in [-0.25, -0.2) is 9.18 Å². The summed E-state index contributed by atoms with van der Waals surface area (Å²) >= 11 is 3.39. The zero-order valence-electron chi connectivity index (χ0n) is 14.4. The van der Waals surface area contributed by atoms with Crippen LogP contribution < -0.4 is 0 Å². The minimum Gasteiger partial charge on any atom is -0.444 e. The number of amides is 1. The first-order chi connectivity index (χ1) is 11.2. The van der Waals surface area contributed by atoms with Crippen LogP contribution in [0, 0.1) is 11.7 Å². The molecule has 1 aliphatic rings. The highest BCUT2D eigenvalue weighted by molar-refractivity contribution is 9.10. The number of carbonyl (C=O) groups is 1. The molecule has 0 radical (unpaired) electrons. The van der Waals surface area contributed by atoms with E-state index in [-0.39, 0.29) is 30.5 Å². The lowest BCUT2D eigenvalue weighted by Gasteiger charge is -2.39. The van der Waals surface area contributed by atoms with Crippen LogP contribution in [-0.2, 0) is 11.2 Å². The molecular weight excluding hydrogens is 377 g/mol. The Morgan fingerprint density at radius 3 is 2.75 bits per heavy atom. The lowest BCUT2D eigenvalue weighted by atomic mass is 9.88. The number of carbonyl (C=O) groups excluding carboxylic acids is 1. The molecule has 0 saturated carbocycles. The summed E-state index contributed by atoms with van der Waals surface area (Å²) in [6, 6.07) is 4.66. The summed E-state index contributed by atoms with van der Waals surface area (Å²) in [6.45, 7) is 6.07. The predicted octanol–water partition coefficient (Wildman–Crippen LogP) is 4.14. The third-order valence-electron chi connectivity index (χ3n) is 4.21. The molecule has 2 rings (SSSR count). The van der Waals surface area contributed by atoms with Gasteiger partial charge in [0.15, 0.2) is 0 Å². The van der Waals surface area contributed by atoms with Crippen molar-refractivity contribution >= 4 is 22.0 Å². The van der Waals surface area contributed by atoms with Gasteiger partial charge < -0.3 is 14.7 Å². The number of likely N-dealkylation sites (tertiary alicyclic amines) is 1. The monoisotopic (exact) mass is 401 g/mol. The first-order valence-electron chi connectivity index (χ1n) is 8.24. The summed E-state index contributed by atoms with van der Waals surface area (Å²) in [5.74, 6) is -0.168. The third kappa shape index (κ3) is 4.93. The van der Waals surface area contributed by atoms with Gasteiger partial charge in [-0.3, -0.25) is 0 Å². The normalized spacial score (nSPS) is 21.7. The summed E-state index contributed by atoms with van der Waals surface area (Å²) in [5, 5.41) is 9.48. The van der Waals surface area contributed by atoms with Gasteiger partial charge in [-0.1, -0.05) is 22.0 Å². The number of aliphatic hydroxyl groups is 1. The molecule has 1 N–H and O–H groups in total. The minimum absolute atomic E-state index is 0.0805. The first kappa shape index (κ1) is 19.2. The molecule has 0 spiro atoms. The van der Waals surface area contributed by atoms with Crippen LogP contribution in [0.5, 0.6) is 0 Å². The second-order valence-electron chi connectivity index (χ2n) is 7.30. The van der Waals surface area contributed by atoms with Gasteiger partial charge in [0.25, 0.3) is 0 Å². The van der Waals surface area contributed by atoms with Crippen molar-refractivity contribution in [1.82, 2.24) is 4.90 Å². The topological polar surface area (TPSA) is 49.8 Å². The van der Waals surface area contributed by atoms with E-state index < -0.39 is 5.60 Å². The smallest absolute Gasteiger partial charge is 0.410 e. The fraction of sp³-hybridized carbons (Fsp3) is 0.611. The van der Waals surface area contributed by atoms with Crippen molar-refractivity contribution in [2.24, 2.45) is 5.92 Å². The Morgan fingerprint density at radius 2 is 2.17 bits per heavy atom. The average Bonchev–Trinajstić information content (AvgIpc) is 2.49. The Bertz CT molecular complexity index is 568. The van der Waals surface area contributed by atoms with Crippen molar-refractivity contribution in [3.05, 3.63) is 34.1 Å². The molecule has 1 saturated heterocycles. The highest BCUT2D eigenvalue weighted by Gasteiger charge is 2.34. The standard InChI is InChI=1S/C18H25BrFNO3/c1-18(2,3)24-17(23)21-8-7-12(11-22)9-13(21)10-14-15(19)5-4-6-16(14)20/h4-6,12-13,22H,7-11H2,1-3H3. The molecular formula is C18H25BrFNO3. The van der Waals surface area contributed by atoms with Gasteiger partial charge in [-0.05, 0) is 58.1 Å². The molecule has 6 heteroatoms. The average molecular weight is 402 g/mol. The van der Waals surface area contributed by atoms with E-state index >= 15 is 0 Å². The molecule has 1 fully saturated rings. The maximum absolute atomic E-state index is 14.2. The van der Waals surface area contributed by atoms with Crippen molar-refractivity contribution in [1.29, 1.82) is 0 Å². The van der Waals surface area contributed by atoms with Gasteiger partial charge in [0, 0.05) is 29.2 Å². The van der Waals surface area contributed by atoms with Crippen LogP contribution in [0.3, 0.4) is 0 Å². The third-order valence-corrected chi connectivity index (χ3v) is 4.96. The van der Waals surface area contributed by atoms with E-state index in [9.17, 15) is 14.3 Å². The number of halogens is 2. The van der Waals surface area contributed by atoms with Crippen molar-refractivity contribution in [2.45, 2.75) is 51.7 Å². The SMILES string of the molecule is CC(C)(C)OC(=O)N1CCC(CO)CC1Cc1c(F)cccc1Br. The van der Waals surface area contributed by atoms with Crippen molar-refractivity contribution in [3.63, 3.8) is 0 Å². The number of rotatable bonds is 3. The molecule has 2 atom stereocenters. The van der Waals surface area contributed by atoms with E-state index in [1.807, 2.05) is 20.8 Å². The summed E-state index contributed by atoms with van der Waals surface area (Å²) in [6.07, 6.45) is 1.38. The second-order valence-corrected chi connectivity index (χ2v) is 8.16. The number of hydrogen-bond donors (Lipinski definition) is 1. The molecule has 24 heavy (non-hydrogen) atoms. The number of piperidine rings is 1. The Balaban J connectivity index is 2.21. The van der Waals surface area contributed by atoms with Crippen molar-refractivity contribution in [2.75, 3.05) is 13.2 Å². The number of nitrogens with zero attached hydrogens (tertiary/aromatic N) is 1. The van der Waals surface area contributed by atoms with Crippen LogP contribution in [0.1, 0.15) is 39.2 Å². The van der Waals surface area contributed by atoms with E-state index in [0.717, 1.165) is 6.42 Å². The molecule has 4 nitrogen and oxygen atoms in total. The molecule has 1 aromatic rings. The summed E-state index contributed by atoms with van der Waals surface area (Å²) in [7, 11) is 0. The van der Waals surface area contributed by atoms with Crippen LogP contribution in [0.2, 0.25) is 0 Å². The van der Waals surface area contributed by atoms with E-state index in [2.05, 4.69) is 15.9 Å². The molecule has 0 bridgehead atoms. The molecule has 0 aromatic heterocycles. The lowest BCUT2D eigenvalue weighted by molar-refractivity contribution is 0.000750. The largest absolute Gasteiger partial charge is 0.444 e. The fourth-order valence-electron chi connectivity index (χ4n) is 3.02. The number of hydrogen-bond acceptors (Lipinski definition) is 3. The highest BCUT2D eigenvalue weighted by Crippen LogP contribution is 2.30. The fourth-order valence-corrected chi connectivity index (χ4v) is 3.52. The van der Waals surface area contributed by atoms with E-state index in [1.54, 1.807) is 17.0 Å². The lowest BCUT2D eigenvalue weighted by Crippen LogP contribution is -2.49. The van der Waals surface area contributed by atoms with Crippen molar-refractivity contribution < 1.29 is 19.0 Å². The second kappa shape index (κ2) is 7.83. The zero-order chi connectivity index (χ0) is 17.9. The molecule has 1 heterocycles. The van der Waals surface area contributed by atoms with E-state index in [4.69, 9.17) is 4.74 Å². The first-order valence-corrected chi connectivity index (χ1v) is 9.04. The van der Waals surface area contributed by atoms with Gasteiger partial charge in [0.05, 0.1) is 0 Å². The zero-order valence-corrected chi connectivity index (χ0v) is 16.0. The Labute approximate surface area is 151 Å². The van der Waals surface area contributed by atoms with Crippen molar-refractivity contribution in [3.8, 4) is 0 Å². The summed E-state index contributed by atoms with van der Waals surface area (Å²) < 4.78 is 20.4. The Kier molecular flexibility index (Phi) is 6.26. The predicted molar refractivity (Wildman–Crippen MR) is 94.3 cm³/mol. The molecule has 1 aliphatic heterocycles. The Hall–Kier alpha value is -1.14. The maximum atomic E-state index is 14.2. The number of ether oxygens (including phenoxy) is 1. The quantitative estimate of drug-likeness (QED) is 0.827. The summed E-state index contributed by atoms with van der Waals surface area (Å²) in [5.41, 5.74) is -0.0248. The molecule has 1 amide bonds. The molecule has 1 aromatic carbocycles. The van der Waals surface area contributed by atoms with Crippen LogP contribution >= 0.6 is 15.9 Å². The minimum atomic E-state index is -0.575. The highest BCUT2D eigenvalue weighted by atomic mass is 79.9. The Morgan fingerprint density at radius 1 is 1.46 bits per heavy atom. The molecule has 2 unspecified atom stereocenters. The summed E-state index contributed by atoms with van der Waals surface area (Å²) in [4.78, 5) is 14.2. The number of aliphatic hydroxyl groups excluding tert-OH is 1. The van der Waals surface area contributed by atoms with Crippen LogP contribution in [-0.4, -0.2) is 40.9 Å². The van der Waals surface area contributed by atoms with E-state index in [1.165, 1.54) is 6.07 Å².